The Labute approximate surface area is 80.5 Å². The maximum Gasteiger partial charge on any atom is 0.312 e. The molecule has 0 aromatic rings. The van der Waals surface area contributed by atoms with E-state index in [0.29, 0.717) is 5.03 Å². The summed E-state index contributed by atoms with van der Waals surface area (Å²) in [6, 6.07) is 0. The maximum absolute atomic E-state index is 10.7. The molecule has 0 aromatic carbocycles. The summed E-state index contributed by atoms with van der Waals surface area (Å²) in [4.78, 5) is 9.75. The quantitative estimate of drug-likeness (QED) is 0.670. The second kappa shape index (κ2) is 3.11. The molecule has 0 amide bonds. The predicted octanol–water partition coefficient (Wildman–Crippen LogP) is 2.38. The average molecular weight is 207 g/mol. The fourth-order valence-electron chi connectivity index (χ4n) is 1.11. The highest BCUT2D eigenvalue weighted by molar-refractivity contribution is 6.33. The number of alkyl halides is 1. The van der Waals surface area contributed by atoms with Crippen LogP contribution in [0.4, 0.5) is 0 Å². The number of carboxylic acid groups (broad SMARTS) is 1. The van der Waals surface area contributed by atoms with Gasteiger partial charge in [0.05, 0.1) is 10.8 Å². The van der Waals surface area contributed by atoms with Gasteiger partial charge in [-0.3, -0.25) is 4.79 Å². The van der Waals surface area contributed by atoms with Crippen LogP contribution in [-0.4, -0.2) is 16.0 Å². The Morgan fingerprint density at radius 1 is 1.75 bits per heavy atom. The average Bonchev–Trinajstić information content (AvgIpc) is 1.82. The number of halogens is 2. The third kappa shape index (κ3) is 1.82. The summed E-state index contributed by atoms with van der Waals surface area (Å²) in [5.41, 5.74) is 0. The third-order valence-corrected chi connectivity index (χ3v) is 2.32. The van der Waals surface area contributed by atoms with Gasteiger partial charge in [-0.1, -0.05) is 17.7 Å². The molecule has 0 bridgehead atoms. The molecule has 0 aromatic heterocycles. The number of rotatable bonds is 1. The van der Waals surface area contributed by atoms with Crippen LogP contribution in [0.25, 0.3) is 0 Å². The van der Waals surface area contributed by atoms with Crippen molar-refractivity contribution in [3.8, 4) is 0 Å². The van der Waals surface area contributed by atoms with E-state index < -0.39 is 16.8 Å². The summed E-state index contributed by atoms with van der Waals surface area (Å²) in [6.45, 7) is 1.62. The molecule has 1 N–H and O–H groups in total. The smallest absolute Gasteiger partial charge is 0.312 e. The van der Waals surface area contributed by atoms with E-state index in [4.69, 9.17) is 28.3 Å². The monoisotopic (exact) mass is 206 g/mol. The number of hydrogen-bond acceptors (Lipinski definition) is 1. The normalized spacial score (nSPS) is 34.6. The Kier molecular flexibility index (Phi) is 2.49. The van der Waals surface area contributed by atoms with E-state index in [2.05, 4.69) is 0 Å². The first kappa shape index (κ1) is 9.62. The van der Waals surface area contributed by atoms with Crippen molar-refractivity contribution in [2.24, 2.45) is 5.92 Å². The first-order chi connectivity index (χ1) is 5.43. The van der Waals surface area contributed by atoms with E-state index in [1.807, 2.05) is 0 Å². The zero-order valence-electron chi connectivity index (χ0n) is 6.42. The summed E-state index contributed by atoms with van der Waals surface area (Å²) >= 11 is 11.6. The molecule has 66 valence electrons. The first-order valence-electron chi connectivity index (χ1n) is 3.42. The van der Waals surface area contributed by atoms with Crippen LogP contribution in [-0.2, 0) is 4.79 Å². The molecule has 0 saturated heterocycles. The number of aliphatic carboxylic acids is 1. The van der Waals surface area contributed by atoms with Crippen LogP contribution < -0.4 is 0 Å². The highest BCUT2D eigenvalue weighted by Gasteiger charge is 2.35. The van der Waals surface area contributed by atoms with Gasteiger partial charge in [0.2, 0.25) is 0 Å². The van der Waals surface area contributed by atoms with E-state index in [-0.39, 0.29) is 0 Å². The topological polar surface area (TPSA) is 37.3 Å². The van der Waals surface area contributed by atoms with Gasteiger partial charge in [0.15, 0.2) is 0 Å². The van der Waals surface area contributed by atoms with E-state index in [0.717, 1.165) is 0 Å². The van der Waals surface area contributed by atoms with Gasteiger partial charge in [0.1, 0.15) is 0 Å². The minimum atomic E-state index is -0.941. The lowest BCUT2D eigenvalue weighted by molar-refractivity contribution is -0.140. The zero-order valence-corrected chi connectivity index (χ0v) is 7.93. The predicted molar refractivity (Wildman–Crippen MR) is 48.5 cm³/mol. The zero-order chi connectivity index (χ0) is 9.35. The summed E-state index contributed by atoms with van der Waals surface area (Å²) < 4.78 is 0. The fraction of sp³-hybridized carbons (Fsp3) is 0.375. The number of hydrogen-bond donors (Lipinski definition) is 1. The summed E-state index contributed by atoms with van der Waals surface area (Å²) in [5, 5.41) is 9.23. The molecule has 0 aliphatic heterocycles. The molecular formula is C8H8Cl2O2. The van der Waals surface area contributed by atoms with Crippen molar-refractivity contribution in [2.45, 2.75) is 11.8 Å². The molecule has 2 unspecified atom stereocenters. The first-order valence-corrected chi connectivity index (χ1v) is 4.17. The lowest BCUT2D eigenvalue weighted by atomic mass is 9.89. The summed E-state index contributed by atoms with van der Waals surface area (Å²) in [6.07, 6.45) is 4.58. The van der Waals surface area contributed by atoms with Gasteiger partial charge in [-0.25, -0.2) is 0 Å². The molecule has 4 heteroatoms. The van der Waals surface area contributed by atoms with Gasteiger partial charge < -0.3 is 5.11 Å². The van der Waals surface area contributed by atoms with Crippen LogP contribution in [0.15, 0.2) is 23.3 Å². The molecule has 0 fully saturated rings. The highest BCUT2D eigenvalue weighted by atomic mass is 35.5. The van der Waals surface area contributed by atoms with Crippen molar-refractivity contribution >= 4 is 29.2 Å². The Morgan fingerprint density at radius 3 is 2.75 bits per heavy atom. The van der Waals surface area contributed by atoms with Crippen LogP contribution in [0.1, 0.15) is 6.92 Å². The van der Waals surface area contributed by atoms with Crippen LogP contribution in [0, 0.1) is 5.92 Å². The van der Waals surface area contributed by atoms with Crippen LogP contribution in [0.2, 0.25) is 0 Å². The van der Waals surface area contributed by atoms with E-state index in [9.17, 15) is 4.79 Å². The molecule has 0 saturated carbocycles. The molecule has 1 rings (SSSR count). The van der Waals surface area contributed by atoms with Crippen molar-refractivity contribution in [2.75, 3.05) is 0 Å². The van der Waals surface area contributed by atoms with Crippen molar-refractivity contribution < 1.29 is 9.90 Å². The minimum Gasteiger partial charge on any atom is -0.481 e. The van der Waals surface area contributed by atoms with Gasteiger partial charge in [-0.05, 0) is 19.1 Å². The number of allylic oxidation sites excluding steroid dienone is 3. The van der Waals surface area contributed by atoms with E-state index >= 15 is 0 Å². The largest absolute Gasteiger partial charge is 0.481 e. The van der Waals surface area contributed by atoms with E-state index in [1.165, 1.54) is 12.2 Å². The van der Waals surface area contributed by atoms with Crippen molar-refractivity contribution in [1.29, 1.82) is 0 Å². The number of carbonyl (C=O) groups is 1. The van der Waals surface area contributed by atoms with Crippen LogP contribution in [0.5, 0.6) is 0 Å². The Morgan fingerprint density at radius 2 is 2.33 bits per heavy atom. The van der Waals surface area contributed by atoms with Crippen LogP contribution in [0.3, 0.4) is 0 Å². The molecule has 1 aliphatic carbocycles. The van der Waals surface area contributed by atoms with Crippen LogP contribution >= 0.6 is 23.2 Å². The maximum atomic E-state index is 10.7. The molecule has 0 radical (unpaired) electrons. The van der Waals surface area contributed by atoms with Gasteiger partial charge in [-0.15, -0.1) is 11.6 Å². The van der Waals surface area contributed by atoms with Gasteiger partial charge in [-0.2, -0.15) is 0 Å². The lowest BCUT2D eigenvalue weighted by Crippen LogP contribution is -2.33. The van der Waals surface area contributed by atoms with Crippen molar-refractivity contribution in [1.82, 2.24) is 0 Å². The highest BCUT2D eigenvalue weighted by Crippen LogP contribution is 2.34. The second-order valence-electron chi connectivity index (χ2n) is 2.86. The molecule has 1 aliphatic rings. The second-order valence-corrected chi connectivity index (χ2v) is 4.11. The summed E-state index contributed by atoms with van der Waals surface area (Å²) in [5.74, 6) is -1.65. The van der Waals surface area contributed by atoms with Crippen molar-refractivity contribution in [3.05, 3.63) is 23.3 Å². The summed E-state index contributed by atoms with van der Waals surface area (Å²) in [7, 11) is 0. The SMILES string of the molecule is CC1(Cl)C=C(Cl)C=CC1C(=O)O. The fourth-order valence-corrected chi connectivity index (χ4v) is 1.75. The molecule has 2 nitrogen and oxygen atoms in total. The van der Waals surface area contributed by atoms with E-state index in [1.54, 1.807) is 13.0 Å². The third-order valence-electron chi connectivity index (χ3n) is 1.74. The molecular weight excluding hydrogens is 199 g/mol. The molecule has 12 heavy (non-hydrogen) atoms. The molecule has 2 atom stereocenters. The van der Waals surface area contributed by atoms with Crippen molar-refractivity contribution in [3.63, 3.8) is 0 Å². The standard InChI is InChI=1S/C8H8Cl2O2/c1-8(10)4-5(9)2-3-6(8)7(11)12/h2-4,6H,1H3,(H,11,12). The van der Waals surface area contributed by atoms with Gasteiger partial charge >= 0.3 is 5.97 Å². The molecule has 0 spiro atoms. The Hall–Kier alpha value is -0.470. The molecule has 0 heterocycles. The van der Waals surface area contributed by atoms with Gasteiger partial charge in [0.25, 0.3) is 0 Å². The Balaban J connectivity index is 2.96. The van der Waals surface area contributed by atoms with Gasteiger partial charge in [0, 0.05) is 5.03 Å². The Bertz CT molecular complexity index is 266. The number of carboxylic acids is 1. The minimum absolute atomic E-state index is 0.477. The lowest BCUT2D eigenvalue weighted by Gasteiger charge is -2.26.